The van der Waals surface area contributed by atoms with E-state index in [4.69, 9.17) is 23.2 Å². The Labute approximate surface area is 102 Å². The first-order valence-corrected chi connectivity index (χ1v) is 5.03. The van der Waals surface area contributed by atoms with E-state index < -0.39 is 11.9 Å². The van der Waals surface area contributed by atoms with Gasteiger partial charge in [0.05, 0.1) is 10.0 Å². The quantitative estimate of drug-likeness (QED) is 0.672. The predicted molar refractivity (Wildman–Crippen MR) is 61.5 cm³/mol. The number of rotatable bonds is 1. The fraction of sp³-hybridized carbons (Fsp3) is 0.111. The molecule has 1 aromatic rings. The third-order valence-corrected chi connectivity index (χ3v) is 2.44. The highest BCUT2D eigenvalue weighted by molar-refractivity contribution is 6.42. The molecular weight excluding hydrogens is 253 g/mol. The standard InChI is InChI=1S/C9H9Cl2N3O2/c1-12-9(16)14-13-8(15)5-2-3-6(10)7(11)4-5/h2-4H,1H3,(H,13,15)(H2,12,14,16). The van der Waals surface area contributed by atoms with Gasteiger partial charge >= 0.3 is 6.03 Å². The highest BCUT2D eigenvalue weighted by Gasteiger charge is 2.08. The molecule has 0 heterocycles. The number of amides is 3. The van der Waals surface area contributed by atoms with Gasteiger partial charge in [-0.25, -0.2) is 10.2 Å². The minimum Gasteiger partial charge on any atom is -0.340 e. The van der Waals surface area contributed by atoms with Crippen molar-refractivity contribution in [3.8, 4) is 0 Å². The zero-order valence-corrected chi connectivity index (χ0v) is 9.82. The van der Waals surface area contributed by atoms with Crippen LogP contribution in [0.4, 0.5) is 4.79 Å². The van der Waals surface area contributed by atoms with Crippen LogP contribution in [0.2, 0.25) is 10.0 Å². The maximum Gasteiger partial charge on any atom is 0.333 e. The van der Waals surface area contributed by atoms with E-state index in [1.54, 1.807) is 0 Å². The minimum absolute atomic E-state index is 0.272. The van der Waals surface area contributed by atoms with Crippen LogP contribution in [-0.4, -0.2) is 19.0 Å². The number of benzene rings is 1. The Balaban J connectivity index is 2.66. The minimum atomic E-state index is -0.520. The lowest BCUT2D eigenvalue weighted by atomic mass is 10.2. The Morgan fingerprint density at radius 2 is 1.81 bits per heavy atom. The van der Waals surface area contributed by atoms with Crippen molar-refractivity contribution in [2.24, 2.45) is 0 Å². The number of hydrazine groups is 1. The molecule has 86 valence electrons. The van der Waals surface area contributed by atoms with Gasteiger partial charge in [0.25, 0.3) is 5.91 Å². The molecule has 0 saturated carbocycles. The average molecular weight is 262 g/mol. The number of urea groups is 1. The molecule has 0 unspecified atom stereocenters. The van der Waals surface area contributed by atoms with E-state index in [0.29, 0.717) is 10.6 Å². The van der Waals surface area contributed by atoms with Crippen molar-refractivity contribution in [3.63, 3.8) is 0 Å². The molecule has 16 heavy (non-hydrogen) atoms. The predicted octanol–water partition coefficient (Wildman–Crippen LogP) is 1.57. The summed E-state index contributed by atoms with van der Waals surface area (Å²) in [6.07, 6.45) is 0. The van der Waals surface area contributed by atoms with Gasteiger partial charge in [0.15, 0.2) is 0 Å². The summed E-state index contributed by atoms with van der Waals surface area (Å²) in [7, 11) is 1.43. The summed E-state index contributed by atoms with van der Waals surface area (Å²) in [4.78, 5) is 22.3. The van der Waals surface area contributed by atoms with Gasteiger partial charge in [-0.1, -0.05) is 23.2 Å². The Kier molecular flexibility index (Phi) is 4.39. The molecule has 0 fully saturated rings. The van der Waals surface area contributed by atoms with E-state index in [1.807, 2.05) is 0 Å². The molecule has 3 amide bonds. The molecule has 0 aliphatic carbocycles. The van der Waals surface area contributed by atoms with Gasteiger partial charge in [-0.3, -0.25) is 10.2 Å². The average Bonchev–Trinajstić information content (AvgIpc) is 2.29. The highest BCUT2D eigenvalue weighted by Crippen LogP contribution is 2.22. The van der Waals surface area contributed by atoms with E-state index in [-0.39, 0.29) is 5.02 Å². The summed E-state index contributed by atoms with van der Waals surface area (Å²) in [5, 5.41) is 2.91. The number of halogens is 2. The van der Waals surface area contributed by atoms with E-state index in [1.165, 1.54) is 25.2 Å². The number of carbonyl (C=O) groups excluding carboxylic acids is 2. The van der Waals surface area contributed by atoms with Crippen LogP contribution in [0.3, 0.4) is 0 Å². The smallest absolute Gasteiger partial charge is 0.333 e. The SMILES string of the molecule is CNC(=O)NNC(=O)c1ccc(Cl)c(Cl)c1. The summed E-state index contributed by atoms with van der Waals surface area (Å²) in [5.74, 6) is -0.484. The van der Waals surface area contributed by atoms with Crippen molar-refractivity contribution in [1.29, 1.82) is 0 Å². The van der Waals surface area contributed by atoms with Crippen LogP contribution in [0.1, 0.15) is 10.4 Å². The van der Waals surface area contributed by atoms with Gasteiger partial charge < -0.3 is 5.32 Å². The van der Waals surface area contributed by atoms with Crippen molar-refractivity contribution >= 4 is 35.1 Å². The van der Waals surface area contributed by atoms with Crippen LogP contribution >= 0.6 is 23.2 Å². The Bertz CT molecular complexity index is 423. The Hall–Kier alpha value is -1.46. The van der Waals surface area contributed by atoms with Gasteiger partial charge in [-0.2, -0.15) is 0 Å². The normalized spacial score (nSPS) is 9.44. The second-order valence-corrected chi connectivity index (χ2v) is 3.60. The first-order valence-electron chi connectivity index (χ1n) is 4.27. The van der Waals surface area contributed by atoms with Crippen molar-refractivity contribution in [2.75, 3.05) is 7.05 Å². The topological polar surface area (TPSA) is 70.2 Å². The second-order valence-electron chi connectivity index (χ2n) is 2.79. The summed E-state index contributed by atoms with van der Waals surface area (Å²) in [5.41, 5.74) is 4.63. The van der Waals surface area contributed by atoms with Crippen LogP contribution in [0.25, 0.3) is 0 Å². The third kappa shape index (κ3) is 3.29. The summed E-state index contributed by atoms with van der Waals surface area (Å²) in [6.45, 7) is 0. The third-order valence-electron chi connectivity index (χ3n) is 1.70. The lowest BCUT2D eigenvalue weighted by Crippen LogP contribution is -2.45. The molecule has 1 rings (SSSR count). The lowest BCUT2D eigenvalue weighted by molar-refractivity contribution is 0.0936. The summed E-state index contributed by atoms with van der Waals surface area (Å²) < 4.78 is 0. The highest BCUT2D eigenvalue weighted by atomic mass is 35.5. The van der Waals surface area contributed by atoms with Gasteiger partial charge in [0.2, 0.25) is 0 Å². The number of nitrogens with one attached hydrogen (secondary N) is 3. The second kappa shape index (κ2) is 5.58. The first-order chi connectivity index (χ1) is 7.54. The van der Waals surface area contributed by atoms with Crippen molar-refractivity contribution in [1.82, 2.24) is 16.2 Å². The molecule has 7 heteroatoms. The maximum absolute atomic E-state index is 11.5. The van der Waals surface area contributed by atoms with Crippen LogP contribution in [-0.2, 0) is 0 Å². The number of carbonyl (C=O) groups is 2. The zero-order valence-electron chi connectivity index (χ0n) is 8.30. The fourth-order valence-corrected chi connectivity index (χ4v) is 1.18. The van der Waals surface area contributed by atoms with Crippen LogP contribution in [0.15, 0.2) is 18.2 Å². The number of hydrogen-bond donors (Lipinski definition) is 3. The lowest BCUT2D eigenvalue weighted by Gasteiger charge is -2.07. The van der Waals surface area contributed by atoms with Gasteiger partial charge in [-0.05, 0) is 18.2 Å². The molecule has 0 bridgehead atoms. The Morgan fingerprint density at radius 1 is 1.12 bits per heavy atom. The van der Waals surface area contributed by atoms with Gasteiger partial charge in [-0.15, -0.1) is 0 Å². The first kappa shape index (κ1) is 12.6. The molecule has 0 aliphatic rings. The summed E-state index contributed by atoms with van der Waals surface area (Å²) >= 11 is 11.4. The molecule has 0 spiro atoms. The van der Waals surface area contributed by atoms with Gasteiger partial charge in [0, 0.05) is 12.6 Å². The van der Waals surface area contributed by atoms with Crippen LogP contribution < -0.4 is 16.2 Å². The van der Waals surface area contributed by atoms with Crippen molar-refractivity contribution < 1.29 is 9.59 Å². The zero-order chi connectivity index (χ0) is 12.1. The van der Waals surface area contributed by atoms with E-state index in [9.17, 15) is 9.59 Å². The van der Waals surface area contributed by atoms with Crippen molar-refractivity contribution in [2.45, 2.75) is 0 Å². The molecule has 1 aromatic carbocycles. The van der Waals surface area contributed by atoms with Gasteiger partial charge in [0.1, 0.15) is 0 Å². The molecule has 0 radical (unpaired) electrons. The molecular formula is C9H9Cl2N3O2. The Morgan fingerprint density at radius 3 is 2.38 bits per heavy atom. The molecule has 5 nitrogen and oxygen atoms in total. The monoisotopic (exact) mass is 261 g/mol. The van der Waals surface area contributed by atoms with E-state index in [0.717, 1.165) is 0 Å². The molecule has 0 saturated heterocycles. The molecule has 0 aromatic heterocycles. The molecule has 0 atom stereocenters. The largest absolute Gasteiger partial charge is 0.340 e. The fourth-order valence-electron chi connectivity index (χ4n) is 0.886. The van der Waals surface area contributed by atoms with E-state index in [2.05, 4.69) is 16.2 Å². The van der Waals surface area contributed by atoms with E-state index >= 15 is 0 Å². The molecule has 3 N–H and O–H groups in total. The number of hydrogen-bond acceptors (Lipinski definition) is 2. The van der Waals surface area contributed by atoms with Crippen molar-refractivity contribution in [3.05, 3.63) is 33.8 Å². The van der Waals surface area contributed by atoms with Crippen LogP contribution in [0, 0.1) is 0 Å². The molecule has 0 aliphatic heterocycles. The van der Waals surface area contributed by atoms with Crippen LogP contribution in [0.5, 0.6) is 0 Å². The maximum atomic E-state index is 11.5. The summed E-state index contributed by atoms with van der Waals surface area (Å²) in [6, 6.07) is 3.88.